The van der Waals surface area contributed by atoms with Gasteiger partial charge in [-0.2, -0.15) is 0 Å². The second-order valence-corrected chi connectivity index (χ2v) is 6.80. The number of nitrogens with one attached hydrogen (secondary N) is 1. The molecule has 0 spiro atoms. The maximum atomic E-state index is 14.0. The van der Waals surface area contributed by atoms with Crippen LogP contribution in [0, 0.1) is 5.82 Å². The average Bonchev–Trinajstić information content (AvgIpc) is 3.21. The van der Waals surface area contributed by atoms with E-state index in [0.717, 1.165) is 42.8 Å². The molecule has 2 fully saturated rings. The Kier molecular flexibility index (Phi) is 2.71. The highest BCUT2D eigenvalue weighted by Gasteiger charge is 2.39. The number of carbonyl (C=O) groups excluding carboxylic acids is 1. The Balaban J connectivity index is 1.54. The molecule has 1 aliphatic carbocycles. The van der Waals surface area contributed by atoms with E-state index >= 15 is 0 Å². The summed E-state index contributed by atoms with van der Waals surface area (Å²) in [4.78, 5) is 15.0. The molecule has 5 heteroatoms. The molecule has 2 aliphatic heterocycles. The quantitative estimate of drug-likeness (QED) is 0.701. The molecule has 0 aromatic heterocycles. The summed E-state index contributed by atoms with van der Waals surface area (Å²) < 4.78 is 14.0. The second kappa shape index (κ2) is 4.68. The zero-order chi connectivity index (χ0) is 15.6. The molecule has 2 heterocycles. The topological polar surface area (TPSA) is 32.3 Å². The van der Waals surface area contributed by atoms with Crippen molar-refractivity contribution in [3.8, 4) is 11.1 Å². The van der Waals surface area contributed by atoms with Crippen LogP contribution in [0.25, 0.3) is 11.1 Å². The minimum atomic E-state index is -0.424. The number of ketones is 1. The number of nitrogens with zero attached hydrogens (tertiary/aromatic N) is 1. The molecule has 114 valence electrons. The van der Waals surface area contributed by atoms with Crippen LogP contribution in [0.4, 0.5) is 10.1 Å². The molecule has 0 amide bonds. The summed E-state index contributed by atoms with van der Waals surface area (Å²) in [5.74, 6) is 0.0941. The predicted molar refractivity (Wildman–Crippen MR) is 89.9 cm³/mol. The van der Waals surface area contributed by atoms with Crippen molar-refractivity contribution in [3.63, 3.8) is 0 Å². The van der Waals surface area contributed by atoms with E-state index in [-0.39, 0.29) is 11.3 Å². The highest BCUT2D eigenvalue weighted by molar-refractivity contribution is 6.63. The van der Waals surface area contributed by atoms with Gasteiger partial charge in [0.1, 0.15) is 5.82 Å². The molecule has 0 radical (unpaired) electrons. The molecule has 2 aromatic rings. The summed E-state index contributed by atoms with van der Waals surface area (Å²) in [7, 11) is 0. The minimum Gasteiger partial charge on any atom is -0.379 e. The monoisotopic (exact) mass is 306 g/mol. The third kappa shape index (κ3) is 1.83. The van der Waals surface area contributed by atoms with E-state index in [4.69, 9.17) is 0 Å². The summed E-state index contributed by atoms with van der Waals surface area (Å²) in [6, 6.07) is 10.8. The van der Waals surface area contributed by atoms with Crippen LogP contribution in [-0.4, -0.2) is 38.5 Å². The van der Waals surface area contributed by atoms with Crippen molar-refractivity contribution in [2.24, 2.45) is 0 Å². The molecule has 23 heavy (non-hydrogen) atoms. The molecule has 2 saturated heterocycles. The number of carbonyl (C=O) groups is 1. The van der Waals surface area contributed by atoms with Crippen LogP contribution in [0.3, 0.4) is 0 Å². The lowest BCUT2D eigenvalue weighted by molar-refractivity contribution is 0.104. The summed E-state index contributed by atoms with van der Waals surface area (Å²) in [5.41, 5.74) is 3.52. The molecule has 0 bridgehead atoms. The molecule has 3 aliphatic rings. The van der Waals surface area contributed by atoms with Gasteiger partial charge in [-0.15, -0.1) is 0 Å². The van der Waals surface area contributed by atoms with Crippen LogP contribution in [0.15, 0.2) is 36.4 Å². The predicted octanol–water partition coefficient (Wildman–Crippen LogP) is 2.40. The maximum Gasteiger partial charge on any atom is 0.197 e. The fourth-order valence-corrected chi connectivity index (χ4v) is 4.33. The molecule has 2 aromatic carbocycles. The lowest BCUT2D eigenvalue weighted by atomic mass is 9.45. The normalized spacial score (nSPS) is 21.6. The highest BCUT2D eigenvalue weighted by Crippen LogP contribution is 2.40. The van der Waals surface area contributed by atoms with E-state index in [2.05, 4.69) is 16.3 Å². The van der Waals surface area contributed by atoms with Crippen LogP contribution < -0.4 is 10.2 Å². The number of anilines is 1. The average molecular weight is 306 g/mol. The van der Waals surface area contributed by atoms with Crippen molar-refractivity contribution in [1.82, 2.24) is 5.32 Å². The van der Waals surface area contributed by atoms with Gasteiger partial charge in [0.2, 0.25) is 0 Å². The van der Waals surface area contributed by atoms with Gasteiger partial charge in [-0.1, -0.05) is 18.2 Å². The van der Waals surface area contributed by atoms with Crippen LogP contribution in [-0.2, 0) is 0 Å². The Bertz CT molecular complexity index is 826. The molecule has 1 unspecified atom stereocenters. The summed E-state index contributed by atoms with van der Waals surface area (Å²) in [5, 5.41) is 3.44. The number of fused-ring (bicyclic) bond motifs is 4. The summed E-state index contributed by atoms with van der Waals surface area (Å²) >= 11 is 0. The van der Waals surface area contributed by atoms with Gasteiger partial charge in [-0.3, -0.25) is 4.79 Å². The number of halogens is 1. The van der Waals surface area contributed by atoms with Crippen LogP contribution in [0.2, 0.25) is 5.82 Å². The third-order valence-corrected chi connectivity index (χ3v) is 5.53. The molecule has 0 saturated carbocycles. The summed E-state index contributed by atoms with van der Waals surface area (Å²) in [6.07, 6.45) is 2.12. The Morgan fingerprint density at radius 3 is 2.96 bits per heavy atom. The van der Waals surface area contributed by atoms with Crippen molar-refractivity contribution in [2.45, 2.75) is 5.82 Å². The zero-order valence-corrected chi connectivity index (χ0v) is 12.7. The van der Waals surface area contributed by atoms with Crippen LogP contribution >= 0.6 is 0 Å². The molecule has 1 N–H and O–H groups in total. The van der Waals surface area contributed by atoms with Gasteiger partial charge in [-0.25, -0.2) is 4.39 Å². The Labute approximate surface area is 134 Å². The number of hydrogen-bond acceptors (Lipinski definition) is 3. The largest absolute Gasteiger partial charge is 0.379 e. The van der Waals surface area contributed by atoms with Gasteiger partial charge < -0.3 is 10.2 Å². The molecular formula is C18H16BFN2O. The zero-order valence-electron chi connectivity index (χ0n) is 12.7. The molecule has 5 rings (SSSR count). The van der Waals surface area contributed by atoms with E-state index in [1.165, 1.54) is 6.07 Å². The van der Waals surface area contributed by atoms with Gasteiger partial charge >= 0.3 is 0 Å². The van der Waals surface area contributed by atoms with E-state index in [1.54, 1.807) is 6.07 Å². The molecule has 3 nitrogen and oxygen atoms in total. The van der Waals surface area contributed by atoms with Gasteiger partial charge in [0.25, 0.3) is 0 Å². The van der Waals surface area contributed by atoms with E-state index in [0.29, 0.717) is 18.1 Å². The van der Waals surface area contributed by atoms with E-state index in [9.17, 15) is 9.18 Å². The molecule has 1 atom stereocenters. The first kappa shape index (κ1) is 13.3. The highest BCUT2D eigenvalue weighted by atomic mass is 19.1. The van der Waals surface area contributed by atoms with Crippen molar-refractivity contribution >= 4 is 18.2 Å². The SMILES string of the molecule is O=C1c2cc(N3CB4CNCC4C3)ccc2-c2cccc(F)c21. The second-order valence-electron chi connectivity index (χ2n) is 6.80. The van der Waals surface area contributed by atoms with Crippen LogP contribution in [0.1, 0.15) is 15.9 Å². The smallest absolute Gasteiger partial charge is 0.197 e. The fourth-order valence-electron chi connectivity index (χ4n) is 4.33. The Morgan fingerprint density at radius 2 is 2.09 bits per heavy atom. The van der Waals surface area contributed by atoms with E-state index < -0.39 is 5.82 Å². The van der Waals surface area contributed by atoms with Crippen molar-refractivity contribution in [3.05, 3.63) is 53.3 Å². The number of benzene rings is 2. The van der Waals surface area contributed by atoms with Crippen molar-refractivity contribution < 1.29 is 9.18 Å². The number of hydrogen-bond donors (Lipinski definition) is 1. The first-order valence-electron chi connectivity index (χ1n) is 8.15. The third-order valence-electron chi connectivity index (χ3n) is 5.53. The number of rotatable bonds is 1. The minimum absolute atomic E-state index is 0.184. The van der Waals surface area contributed by atoms with Gasteiger partial charge in [-0.05, 0) is 54.6 Å². The van der Waals surface area contributed by atoms with Gasteiger partial charge in [0.05, 0.1) is 5.56 Å². The van der Waals surface area contributed by atoms with E-state index in [1.807, 2.05) is 18.2 Å². The summed E-state index contributed by atoms with van der Waals surface area (Å²) in [6.45, 7) is 2.82. The maximum absolute atomic E-state index is 14.0. The lowest BCUT2D eigenvalue weighted by Gasteiger charge is -2.21. The first-order valence-corrected chi connectivity index (χ1v) is 8.15. The Morgan fingerprint density at radius 1 is 1.17 bits per heavy atom. The van der Waals surface area contributed by atoms with Gasteiger partial charge in [0.15, 0.2) is 12.5 Å². The van der Waals surface area contributed by atoms with Crippen molar-refractivity contribution in [1.29, 1.82) is 0 Å². The Hall–Kier alpha value is -2.14. The fraction of sp³-hybridized carbons (Fsp3) is 0.278. The first-order chi connectivity index (χ1) is 11.2. The van der Waals surface area contributed by atoms with Gasteiger partial charge in [0, 0.05) is 17.8 Å². The van der Waals surface area contributed by atoms with Crippen molar-refractivity contribution in [2.75, 3.05) is 30.9 Å². The van der Waals surface area contributed by atoms with Crippen LogP contribution in [0.5, 0.6) is 0 Å². The molecular weight excluding hydrogens is 290 g/mol. The lowest BCUT2D eigenvalue weighted by Crippen LogP contribution is -2.29. The standard InChI is InChI=1S/C18H16BFN2O/c20-16-3-1-2-14-13-5-4-12(6-15(13)18(23)17(14)16)22-8-11-7-21-9-19(11)10-22/h1-6,11,21H,7-10H2.